The Hall–Kier alpha value is -1.30. The van der Waals surface area contributed by atoms with Crippen LogP contribution in [0.3, 0.4) is 0 Å². The minimum Gasteiger partial charge on any atom is -0.106 e. The predicted molar refractivity (Wildman–Crippen MR) is 100 cm³/mol. The molecule has 1 rings (SSSR count). The van der Waals surface area contributed by atoms with Crippen molar-refractivity contribution in [3.63, 3.8) is 0 Å². The summed E-state index contributed by atoms with van der Waals surface area (Å²) < 4.78 is 0. The molecule has 0 radical (unpaired) electrons. The van der Waals surface area contributed by atoms with E-state index in [0.29, 0.717) is 0 Å². The summed E-state index contributed by atoms with van der Waals surface area (Å²) in [5.74, 6) is 0. The molecule has 118 valence electrons. The largest absolute Gasteiger partial charge is 0.106 e. The number of rotatable bonds is 2. The maximum atomic E-state index is 3.98. The van der Waals surface area contributed by atoms with E-state index in [2.05, 4.69) is 57.9 Å². The zero-order chi connectivity index (χ0) is 16.8. The fourth-order valence-electron chi connectivity index (χ4n) is 1.18. The summed E-state index contributed by atoms with van der Waals surface area (Å²) in [7, 11) is 0. The third-order valence-electron chi connectivity index (χ3n) is 1.79. The standard InChI is InChI=1S/C11H14.C3H8.2C2H6.C2H4/c1-3-7-10(2)11-8-5-4-6-9-11;1-3-2;3*1-2/h3-5,7-8H,2,6,9H2,1H3;3H2,1-2H3;2*1-2H3;1-2H2/b7-3-;;;;. The predicted octanol–water partition coefficient (Wildman–Crippen LogP) is 7.67. The average molecular weight is 279 g/mol. The van der Waals surface area contributed by atoms with E-state index in [0.717, 1.165) is 18.4 Å². The maximum absolute atomic E-state index is 3.98. The molecule has 0 fully saturated rings. The molecule has 1 aliphatic rings. The lowest BCUT2D eigenvalue weighted by Gasteiger charge is -2.07. The Kier molecular flexibility index (Phi) is 41.5. The smallest absolute Gasteiger partial charge is 0.0238 e. The van der Waals surface area contributed by atoms with Gasteiger partial charge in [-0.25, -0.2) is 0 Å². The summed E-state index contributed by atoms with van der Waals surface area (Å²) in [6.07, 6.45) is 14.1. The van der Waals surface area contributed by atoms with Gasteiger partial charge in [-0.2, -0.15) is 0 Å². The lowest BCUT2D eigenvalue weighted by atomic mass is 9.98. The summed E-state index contributed by atoms with van der Waals surface area (Å²) in [6, 6.07) is 0. The van der Waals surface area contributed by atoms with Crippen LogP contribution >= 0.6 is 0 Å². The Morgan fingerprint density at radius 2 is 1.60 bits per heavy atom. The average Bonchev–Trinajstić information content (AvgIpc) is 2.55. The summed E-state index contributed by atoms with van der Waals surface area (Å²) >= 11 is 0. The van der Waals surface area contributed by atoms with Crippen LogP contribution in [0, 0.1) is 0 Å². The first-order valence-corrected chi connectivity index (χ1v) is 7.93. The fourth-order valence-corrected chi connectivity index (χ4v) is 1.18. The Bertz CT molecular complexity index is 251. The Morgan fingerprint density at radius 1 is 1.15 bits per heavy atom. The van der Waals surface area contributed by atoms with Crippen molar-refractivity contribution >= 4 is 0 Å². The molecule has 0 amide bonds. The molecule has 0 atom stereocenters. The van der Waals surface area contributed by atoms with E-state index in [9.17, 15) is 0 Å². The molecule has 0 nitrogen and oxygen atoms in total. The third kappa shape index (κ3) is 21.9. The van der Waals surface area contributed by atoms with Gasteiger partial charge >= 0.3 is 0 Å². The van der Waals surface area contributed by atoms with Gasteiger partial charge in [-0.15, -0.1) is 13.2 Å². The van der Waals surface area contributed by atoms with Crippen LogP contribution in [0.1, 0.15) is 67.7 Å². The van der Waals surface area contributed by atoms with Crippen LogP contribution in [0.5, 0.6) is 0 Å². The van der Waals surface area contributed by atoms with Gasteiger partial charge in [-0.05, 0) is 30.9 Å². The summed E-state index contributed by atoms with van der Waals surface area (Å²) in [5.41, 5.74) is 2.52. The molecule has 0 aromatic heterocycles. The summed E-state index contributed by atoms with van der Waals surface area (Å²) in [5, 5.41) is 0. The van der Waals surface area contributed by atoms with Gasteiger partial charge in [0.2, 0.25) is 0 Å². The van der Waals surface area contributed by atoms with Crippen LogP contribution in [0.15, 0.2) is 61.3 Å². The summed E-state index contributed by atoms with van der Waals surface area (Å²) in [6.45, 7) is 24.2. The molecule has 0 N–H and O–H groups in total. The first-order chi connectivity index (χ1) is 9.76. The second kappa shape index (κ2) is 30.6. The topological polar surface area (TPSA) is 0 Å². The quantitative estimate of drug-likeness (QED) is 0.359. The maximum Gasteiger partial charge on any atom is -0.0238 e. The monoisotopic (exact) mass is 278 g/mol. The zero-order valence-electron chi connectivity index (χ0n) is 15.1. The molecule has 0 unspecified atom stereocenters. The van der Waals surface area contributed by atoms with Crippen molar-refractivity contribution in [2.75, 3.05) is 0 Å². The molecule has 0 saturated heterocycles. The third-order valence-corrected chi connectivity index (χ3v) is 1.79. The highest BCUT2D eigenvalue weighted by atomic mass is 14.0. The van der Waals surface area contributed by atoms with Gasteiger partial charge in [0.15, 0.2) is 0 Å². The fraction of sp³-hybridized carbons (Fsp3) is 0.500. The normalized spacial score (nSPS) is 11.1. The minimum absolute atomic E-state index is 1.14. The zero-order valence-corrected chi connectivity index (χ0v) is 15.1. The molecule has 0 bridgehead atoms. The number of hydrogen-bond acceptors (Lipinski definition) is 0. The van der Waals surface area contributed by atoms with Crippen molar-refractivity contribution in [2.45, 2.75) is 67.7 Å². The number of hydrogen-bond donors (Lipinski definition) is 0. The van der Waals surface area contributed by atoms with E-state index in [4.69, 9.17) is 0 Å². The van der Waals surface area contributed by atoms with E-state index >= 15 is 0 Å². The number of allylic oxidation sites excluding steroid dienone is 7. The van der Waals surface area contributed by atoms with E-state index < -0.39 is 0 Å². The lowest BCUT2D eigenvalue weighted by Crippen LogP contribution is -1.88. The van der Waals surface area contributed by atoms with Gasteiger partial charge in [-0.1, -0.05) is 84.9 Å². The van der Waals surface area contributed by atoms with E-state index in [-0.39, 0.29) is 0 Å². The Morgan fingerprint density at radius 3 is 1.90 bits per heavy atom. The van der Waals surface area contributed by atoms with Crippen LogP contribution in [-0.4, -0.2) is 0 Å². The second-order valence-corrected chi connectivity index (χ2v) is 3.39. The Balaban J connectivity index is -0.000000121. The summed E-state index contributed by atoms with van der Waals surface area (Å²) in [4.78, 5) is 0. The highest BCUT2D eigenvalue weighted by Crippen LogP contribution is 2.19. The van der Waals surface area contributed by atoms with E-state index in [1.54, 1.807) is 0 Å². The van der Waals surface area contributed by atoms with Crippen LogP contribution in [0.25, 0.3) is 0 Å². The molecule has 1 aliphatic carbocycles. The van der Waals surface area contributed by atoms with Crippen LogP contribution in [0.4, 0.5) is 0 Å². The second-order valence-electron chi connectivity index (χ2n) is 3.39. The molecule has 0 heteroatoms. The van der Waals surface area contributed by atoms with Gasteiger partial charge in [0.1, 0.15) is 0 Å². The minimum atomic E-state index is 1.14. The highest BCUT2D eigenvalue weighted by Gasteiger charge is 1.99. The molecular weight excluding hydrogens is 240 g/mol. The molecule has 0 aliphatic heterocycles. The van der Waals surface area contributed by atoms with E-state index in [1.807, 2.05) is 40.7 Å². The van der Waals surface area contributed by atoms with Crippen molar-refractivity contribution in [3.8, 4) is 0 Å². The molecule has 0 aromatic carbocycles. The van der Waals surface area contributed by atoms with Gasteiger partial charge < -0.3 is 0 Å². The molecular formula is C20H38. The van der Waals surface area contributed by atoms with Crippen molar-refractivity contribution < 1.29 is 0 Å². The SMILES string of the molecule is C=C.C=C(/C=C\C)C1=CC=CCC1.CC.CC.CCC. The highest BCUT2D eigenvalue weighted by molar-refractivity contribution is 5.40. The molecule has 20 heavy (non-hydrogen) atoms. The molecule has 0 heterocycles. The van der Waals surface area contributed by atoms with Crippen LogP contribution < -0.4 is 0 Å². The van der Waals surface area contributed by atoms with Crippen LogP contribution in [-0.2, 0) is 0 Å². The Labute approximate surface area is 129 Å². The lowest BCUT2D eigenvalue weighted by molar-refractivity contribution is 0.979. The van der Waals surface area contributed by atoms with Crippen molar-refractivity contribution in [1.29, 1.82) is 0 Å². The molecule has 0 aromatic rings. The van der Waals surface area contributed by atoms with Crippen molar-refractivity contribution in [1.82, 2.24) is 0 Å². The first-order valence-electron chi connectivity index (χ1n) is 7.93. The molecule has 0 spiro atoms. The van der Waals surface area contributed by atoms with Crippen molar-refractivity contribution in [3.05, 3.63) is 61.3 Å². The van der Waals surface area contributed by atoms with Gasteiger partial charge in [0, 0.05) is 0 Å². The van der Waals surface area contributed by atoms with E-state index in [1.165, 1.54) is 12.0 Å². The van der Waals surface area contributed by atoms with Gasteiger partial charge in [0.05, 0.1) is 0 Å². The van der Waals surface area contributed by atoms with Gasteiger partial charge in [-0.3, -0.25) is 0 Å². The van der Waals surface area contributed by atoms with Gasteiger partial charge in [0.25, 0.3) is 0 Å². The molecule has 0 saturated carbocycles. The first kappa shape index (κ1) is 27.1. The van der Waals surface area contributed by atoms with Crippen molar-refractivity contribution in [2.24, 2.45) is 0 Å². The van der Waals surface area contributed by atoms with Crippen LogP contribution in [0.2, 0.25) is 0 Å².